The molecule has 0 radical (unpaired) electrons. The van der Waals surface area contributed by atoms with Crippen LogP contribution >= 0.6 is 0 Å². The van der Waals surface area contributed by atoms with E-state index in [0.717, 1.165) is 12.8 Å². The highest BCUT2D eigenvalue weighted by molar-refractivity contribution is 7.89. The zero-order valence-corrected chi connectivity index (χ0v) is 11.9. The monoisotopic (exact) mass is 272 g/mol. The molecular formula is C11H20N4O2S. The topological polar surface area (TPSA) is 81.2 Å². The Morgan fingerprint density at radius 3 is 2.56 bits per heavy atom. The average molecular weight is 272 g/mol. The highest BCUT2D eigenvalue weighted by Crippen LogP contribution is 2.25. The lowest BCUT2D eigenvalue weighted by Crippen LogP contribution is -2.45. The van der Waals surface area contributed by atoms with Gasteiger partial charge in [-0.15, -0.1) is 0 Å². The summed E-state index contributed by atoms with van der Waals surface area (Å²) >= 11 is 0. The standard InChI is InChI=1S/C11H20N4O2S/c1-8-11(9(2)14(3)13-8)18(16,17)15-6-4-5-10(12)7-15/h10H,4-7,12H2,1-3H3. The van der Waals surface area contributed by atoms with E-state index in [1.807, 2.05) is 0 Å². The molecule has 1 fully saturated rings. The van der Waals surface area contributed by atoms with Crippen LogP contribution in [0.4, 0.5) is 0 Å². The van der Waals surface area contributed by atoms with E-state index in [9.17, 15) is 8.42 Å². The maximum Gasteiger partial charge on any atom is 0.246 e. The fourth-order valence-corrected chi connectivity index (χ4v) is 4.38. The summed E-state index contributed by atoms with van der Waals surface area (Å²) in [6.07, 6.45) is 1.70. The second kappa shape index (κ2) is 4.64. The number of nitrogens with two attached hydrogens (primary N) is 1. The van der Waals surface area contributed by atoms with Gasteiger partial charge in [-0.1, -0.05) is 0 Å². The maximum absolute atomic E-state index is 12.6. The van der Waals surface area contributed by atoms with Gasteiger partial charge in [-0.25, -0.2) is 8.42 Å². The van der Waals surface area contributed by atoms with E-state index < -0.39 is 10.0 Å². The lowest BCUT2D eigenvalue weighted by atomic mass is 10.1. The molecule has 2 heterocycles. The molecule has 0 bridgehead atoms. The number of piperidine rings is 1. The molecule has 1 aliphatic heterocycles. The fourth-order valence-electron chi connectivity index (χ4n) is 2.45. The number of aromatic nitrogens is 2. The summed E-state index contributed by atoms with van der Waals surface area (Å²) in [5.74, 6) is 0. The zero-order chi connectivity index (χ0) is 13.5. The van der Waals surface area contributed by atoms with Crippen LogP contribution < -0.4 is 5.73 Å². The number of sulfonamides is 1. The number of aryl methyl sites for hydroxylation is 2. The molecule has 0 aliphatic carbocycles. The Hall–Kier alpha value is -0.920. The van der Waals surface area contributed by atoms with Crippen molar-refractivity contribution in [1.82, 2.24) is 14.1 Å². The summed E-state index contributed by atoms with van der Waals surface area (Å²) in [5, 5.41) is 4.17. The Morgan fingerprint density at radius 2 is 2.06 bits per heavy atom. The predicted octanol–water partition coefficient (Wildman–Crippen LogP) is 0.149. The third-order valence-electron chi connectivity index (χ3n) is 3.46. The van der Waals surface area contributed by atoms with Crippen LogP contribution in [-0.2, 0) is 17.1 Å². The van der Waals surface area contributed by atoms with Gasteiger partial charge in [0.25, 0.3) is 0 Å². The fraction of sp³-hybridized carbons (Fsp3) is 0.727. The first-order valence-electron chi connectivity index (χ1n) is 6.10. The number of hydrogen-bond donors (Lipinski definition) is 1. The molecule has 0 spiro atoms. The van der Waals surface area contributed by atoms with E-state index in [1.54, 1.807) is 25.6 Å². The Labute approximate surface area is 108 Å². The van der Waals surface area contributed by atoms with E-state index in [1.165, 1.54) is 4.31 Å². The van der Waals surface area contributed by atoms with Gasteiger partial charge >= 0.3 is 0 Å². The van der Waals surface area contributed by atoms with Crippen molar-refractivity contribution in [2.45, 2.75) is 37.6 Å². The van der Waals surface area contributed by atoms with Gasteiger partial charge in [0.2, 0.25) is 10.0 Å². The molecule has 0 amide bonds. The smallest absolute Gasteiger partial charge is 0.246 e. The van der Waals surface area contributed by atoms with Crippen molar-refractivity contribution in [3.05, 3.63) is 11.4 Å². The first-order chi connectivity index (χ1) is 8.34. The van der Waals surface area contributed by atoms with Crippen LogP contribution in [0.25, 0.3) is 0 Å². The quantitative estimate of drug-likeness (QED) is 0.831. The van der Waals surface area contributed by atoms with Crippen LogP contribution in [0, 0.1) is 13.8 Å². The van der Waals surface area contributed by atoms with E-state index in [0.29, 0.717) is 29.4 Å². The Bertz CT molecular complexity index is 550. The molecule has 6 nitrogen and oxygen atoms in total. The molecule has 1 aliphatic rings. The second-order valence-corrected chi connectivity index (χ2v) is 6.76. The van der Waals surface area contributed by atoms with Crippen LogP contribution in [0.1, 0.15) is 24.2 Å². The van der Waals surface area contributed by atoms with Crippen LogP contribution in [0.5, 0.6) is 0 Å². The highest BCUT2D eigenvalue weighted by atomic mass is 32.2. The van der Waals surface area contributed by atoms with Gasteiger partial charge in [-0.3, -0.25) is 4.68 Å². The Balaban J connectivity index is 2.42. The van der Waals surface area contributed by atoms with Gasteiger partial charge < -0.3 is 5.73 Å². The summed E-state index contributed by atoms with van der Waals surface area (Å²) in [6, 6.07) is -0.0641. The minimum atomic E-state index is -3.47. The van der Waals surface area contributed by atoms with Gasteiger partial charge in [0, 0.05) is 26.2 Å². The lowest BCUT2D eigenvalue weighted by molar-refractivity contribution is 0.316. The molecule has 7 heteroatoms. The molecule has 1 atom stereocenters. The second-order valence-electron chi connectivity index (χ2n) is 4.89. The van der Waals surface area contributed by atoms with Crippen molar-refractivity contribution < 1.29 is 8.42 Å². The number of nitrogens with zero attached hydrogens (tertiary/aromatic N) is 3. The van der Waals surface area contributed by atoms with Crippen molar-refractivity contribution in [3.8, 4) is 0 Å². The molecule has 18 heavy (non-hydrogen) atoms. The SMILES string of the molecule is Cc1nn(C)c(C)c1S(=O)(=O)N1CCCC(N)C1. The third kappa shape index (κ3) is 2.17. The van der Waals surface area contributed by atoms with Gasteiger partial charge in [0.1, 0.15) is 4.90 Å². The minimum Gasteiger partial charge on any atom is -0.327 e. The van der Waals surface area contributed by atoms with Gasteiger partial charge in [-0.2, -0.15) is 9.40 Å². The molecule has 2 rings (SSSR count). The predicted molar refractivity (Wildman–Crippen MR) is 68.7 cm³/mol. The summed E-state index contributed by atoms with van der Waals surface area (Å²) in [4.78, 5) is 0.333. The lowest BCUT2D eigenvalue weighted by Gasteiger charge is -2.29. The Morgan fingerprint density at radius 1 is 1.39 bits per heavy atom. The van der Waals surface area contributed by atoms with E-state index in [4.69, 9.17) is 5.73 Å². The molecule has 2 N–H and O–H groups in total. The van der Waals surface area contributed by atoms with Crippen molar-refractivity contribution >= 4 is 10.0 Å². The van der Waals surface area contributed by atoms with Gasteiger partial charge in [0.15, 0.2) is 0 Å². The molecule has 1 aromatic heterocycles. The Kier molecular flexibility index (Phi) is 3.48. The summed E-state index contributed by atoms with van der Waals surface area (Å²) in [5.41, 5.74) is 7.08. The van der Waals surface area contributed by atoms with Crippen LogP contribution in [0.15, 0.2) is 4.90 Å². The van der Waals surface area contributed by atoms with Crippen LogP contribution in [0.2, 0.25) is 0 Å². The van der Waals surface area contributed by atoms with E-state index >= 15 is 0 Å². The van der Waals surface area contributed by atoms with E-state index in [-0.39, 0.29) is 6.04 Å². The largest absolute Gasteiger partial charge is 0.327 e. The van der Waals surface area contributed by atoms with Crippen molar-refractivity contribution in [2.24, 2.45) is 12.8 Å². The van der Waals surface area contributed by atoms with E-state index in [2.05, 4.69) is 5.10 Å². The highest BCUT2D eigenvalue weighted by Gasteiger charge is 2.33. The van der Waals surface area contributed by atoms with Crippen molar-refractivity contribution in [3.63, 3.8) is 0 Å². The van der Waals surface area contributed by atoms with Gasteiger partial charge in [-0.05, 0) is 26.7 Å². The summed E-state index contributed by atoms with van der Waals surface area (Å²) in [6.45, 7) is 4.44. The minimum absolute atomic E-state index is 0.0641. The average Bonchev–Trinajstić information content (AvgIpc) is 2.53. The molecular weight excluding hydrogens is 252 g/mol. The molecule has 1 saturated heterocycles. The molecule has 1 aromatic rings. The van der Waals surface area contributed by atoms with Crippen LogP contribution in [-0.4, -0.2) is 41.6 Å². The maximum atomic E-state index is 12.6. The number of hydrogen-bond acceptors (Lipinski definition) is 4. The van der Waals surface area contributed by atoms with Crippen LogP contribution in [0.3, 0.4) is 0 Å². The molecule has 1 unspecified atom stereocenters. The molecule has 102 valence electrons. The summed E-state index contributed by atoms with van der Waals surface area (Å²) in [7, 11) is -1.71. The molecule has 0 aromatic carbocycles. The first-order valence-corrected chi connectivity index (χ1v) is 7.54. The van der Waals surface area contributed by atoms with Crippen molar-refractivity contribution in [1.29, 1.82) is 0 Å². The summed E-state index contributed by atoms with van der Waals surface area (Å²) < 4.78 is 28.3. The third-order valence-corrected chi connectivity index (χ3v) is 5.58. The normalized spacial score (nSPS) is 22.3. The first kappa shape index (κ1) is 13.5. The van der Waals surface area contributed by atoms with Crippen molar-refractivity contribution in [2.75, 3.05) is 13.1 Å². The van der Waals surface area contributed by atoms with Gasteiger partial charge in [0.05, 0.1) is 11.4 Å². The molecule has 0 saturated carbocycles. The zero-order valence-electron chi connectivity index (χ0n) is 11.0. The number of rotatable bonds is 2.